The molecule has 0 aromatic heterocycles. The van der Waals surface area contributed by atoms with Crippen molar-refractivity contribution in [3.63, 3.8) is 0 Å². The van der Waals surface area contributed by atoms with Crippen molar-refractivity contribution in [2.24, 2.45) is 5.41 Å². The van der Waals surface area contributed by atoms with Gasteiger partial charge in [-0.25, -0.2) is 0 Å². The Kier molecular flexibility index (Phi) is 2.73. The van der Waals surface area contributed by atoms with Gasteiger partial charge in [0, 0.05) is 19.5 Å². The first kappa shape index (κ1) is 9.52. The normalized spacial score (nSPS) is 24.1. The highest BCUT2D eigenvalue weighted by Crippen LogP contribution is 2.18. The zero-order valence-electron chi connectivity index (χ0n) is 7.89. The molecule has 3 nitrogen and oxygen atoms in total. The quantitative estimate of drug-likeness (QED) is 0.599. The van der Waals surface area contributed by atoms with E-state index in [-0.39, 0.29) is 17.5 Å². The fourth-order valence-corrected chi connectivity index (χ4v) is 0.931. The van der Waals surface area contributed by atoms with Crippen molar-refractivity contribution in [2.75, 3.05) is 6.54 Å². The van der Waals surface area contributed by atoms with Crippen LogP contribution in [0.3, 0.4) is 0 Å². The van der Waals surface area contributed by atoms with Crippen molar-refractivity contribution in [3.8, 4) is 0 Å². The van der Waals surface area contributed by atoms with E-state index in [9.17, 15) is 4.79 Å². The summed E-state index contributed by atoms with van der Waals surface area (Å²) in [5.74, 6) is -0.121. The summed E-state index contributed by atoms with van der Waals surface area (Å²) in [7, 11) is 0. The standard InChI is InChI=1S/C9H16NO2/c1-9(2,3)8(11)12-7-4-5-10-6-7/h5,7,10H,4,6H2,1-3H3. The van der Waals surface area contributed by atoms with Crippen LogP contribution in [0.15, 0.2) is 0 Å². The van der Waals surface area contributed by atoms with E-state index in [4.69, 9.17) is 4.74 Å². The number of ether oxygens (including phenoxy) is 1. The van der Waals surface area contributed by atoms with Crippen LogP contribution in [0.4, 0.5) is 0 Å². The number of hydrogen-bond acceptors (Lipinski definition) is 3. The molecular formula is C9H16NO2. The predicted molar refractivity (Wildman–Crippen MR) is 46.3 cm³/mol. The summed E-state index contributed by atoms with van der Waals surface area (Å²) < 4.78 is 5.24. The Labute approximate surface area is 73.5 Å². The molecule has 1 N–H and O–H groups in total. The van der Waals surface area contributed by atoms with Gasteiger partial charge in [0.1, 0.15) is 6.10 Å². The summed E-state index contributed by atoms with van der Waals surface area (Å²) in [6.07, 6.45) is 0.860. The summed E-state index contributed by atoms with van der Waals surface area (Å²) in [4.78, 5) is 11.4. The van der Waals surface area contributed by atoms with E-state index in [1.807, 2.05) is 27.3 Å². The first-order chi connectivity index (χ1) is 5.50. The third-order valence-electron chi connectivity index (χ3n) is 1.76. The van der Waals surface area contributed by atoms with Crippen LogP contribution in [0.25, 0.3) is 0 Å². The van der Waals surface area contributed by atoms with Crippen LogP contribution in [0.2, 0.25) is 0 Å². The molecule has 1 fully saturated rings. The maximum atomic E-state index is 11.4. The highest BCUT2D eigenvalue weighted by atomic mass is 16.5. The minimum absolute atomic E-state index is 0.0386. The van der Waals surface area contributed by atoms with Gasteiger partial charge in [0.25, 0.3) is 0 Å². The molecule has 1 unspecified atom stereocenters. The van der Waals surface area contributed by atoms with Gasteiger partial charge in [0.05, 0.1) is 5.41 Å². The number of hydrogen-bond donors (Lipinski definition) is 1. The zero-order chi connectivity index (χ0) is 9.19. The highest BCUT2D eigenvalue weighted by molar-refractivity contribution is 5.75. The molecule has 0 aromatic rings. The SMILES string of the molecule is CC(C)(C)C(=O)OC1C[CH]NC1. The molecule has 1 aliphatic rings. The maximum absolute atomic E-state index is 11.4. The van der Waals surface area contributed by atoms with E-state index in [2.05, 4.69) is 5.32 Å². The molecule has 1 atom stereocenters. The summed E-state index contributed by atoms with van der Waals surface area (Å²) >= 11 is 0. The van der Waals surface area contributed by atoms with Gasteiger partial charge in [0.2, 0.25) is 0 Å². The smallest absolute Gasteiger partial charge is 0.311 e. The molecule has 0 aliphatic carbocycles. The molecule has 1 rings (SSSR count). The third kappa shape index (κ3) is 2.48. The van der Waals surface area contributed by atoms with Crippen molar-refractivity contribution in [3.05, 3.63) is 6.54 Å². The predicted octanol–water partition coefficient (Wildman–Crippen LogP) is 1.10. The fourth-order valence-electron chi connectivity index (χ4n) is 0.931. The van der Waals surface area contributed by atoms with Crippen LogP contribution in [-0.2, 0) is 9.53 Å². The summed E-state index contributed by atoms with van der Waals surface area (Å²) in [6, 6.07) is 0. The molecule has 3 heteroatoms. The van der Waals surface area contributed by atoms with Crippen LogP contribution < -0.4 is 5.32 Å². The minimum atomic E-state index is -0.386. The molecular weight excluding hydrogens is 154 g/mol. The number of nitrogens with one attached hydrogen (secondary N) is 1. The number of carbonyl (C=O) groups is 1. The Morgan fingerprint density at radius 1 is 1.58 bits per heavy atom. The molecule has 12 heavy (non-hydrogen) atoms. The van der Waals surface area contributed by atoms with E-state index < -0.39 is 0 Å². The van der Waals surface area contributed by atoms with Gasteiger partial charge in [0.15, 0.2) is 0 Å². The van der Waals surface area contributed by atoms with Gasteiger partial charge >= 0.3 is 5.97 Å². The summed E-state index contributed by atoms with van der Waals surface area (Å²) in [5.41, 5.74) is -0.386. The Hall–Kier alpha value is -0.570. The Balaban J connectivity index is 2.35. The Bertz CT molecular complexity index is 166. The Morgan fingerprint density at radius 2 is 2.25 bits per heavy atom. The van der Waals surface area contributed by atoms with E-state index in [1.54, 1.807) is 0 Å². The molecule has 1 heterocycles. The van der Waals surface area contributed by atoms with Crippen molar-refractivity contribution in [1.82, 2.24) is 5.32 Å². The van der Waals surface area contributed by atoms with E-state index in [0.29, 0.717) is 0 Å². The van der Waals surface area contributed by atoms with Crippen molar-refractivity contribution in [2.45, 2.75) is 33.3 Å². The lowest BCUT2D eigenvalue weighted by Gasteiger charge is -2.19. The topological polar surface area (TPSA) is 38.3 Å². The first-order valence-corrected chi connectivity index (χ1v) is 4.26. The summed E-state index contributed by atoms with van der Waals surface area (Å²) in [6.45, 7) is 8.27. The van der Waals surface area contributed by atoms with E-state index in [0.717, 1.165) is 13.0 Å². The van der Waals surface area contributed by atoms with E-state index in [1.165, 1.54) is 0 Å². The first-order valence-electron chi connectivity index (χ1n) is 4.26. The van der Waals surface area contributed by atoms with Crippen LogP contribution in [-0.4, -0.2) is 18.6 Å². The highest BCUT2D eigenvalue weighted by Gasteiger charge is 2.27. The van der Waals surface area contributed by atoms with Crippen LogP contribution >= 0.6 is 0 Å². The molecule has 1 saturated heterocycles. The lowest BCUT2D eigenvalue weighted by molar-refractivity contribution is -0.157. The van der Waals surface area contributed by atoms with Gasteiger partial charge in [-0.15, -0.1) is 0 Å². The number of esters is 1. The van der Waals surface area contributed by atoms with Crippen molar-refractivity contribution in [1.29, 1.82) is 0 Å². The van der Waals surface area contributed by atoms with Crippen LogP contribution in [0.5, 0.6) is 0 Å². The largest absolute Gasteiger partial charge is 0.461 e. The van der Waals surface area contributed by atoms with Gasteiger partial charge in [-0.3, -0.25) is 4.79 Å². The lowest BCUT2D eigenvalue weighted by Crippen LogP contribution is -2.29. The monoisotopic (exact) mass is 170 g/mol. The number of carbonyl (C=O) groups excluding carboxylic acids is 1. The van der Waals surface area contributed by atoms with Gasteiger partial charge in [-0.05, 0) is 20.8 Å². The van der Waals surface area contributed by atoms with Crippen LogP contribution in [0, 0.1) is 12.0 Å². The second-order valence-corrected chi connectivity index (χ2v) is 4.13. The van der Waals surface area contributed by atoms with Gasteiger partial charge in [-0.1, -0.05) is 0 Å². The molecule has 0 saturated carbocycles. The van der Waals surface area contributed by atoms with Gasteiger partial charge in [-0.2, -0.15) is 0 Å². The second kappa shape index (κ2) is 3.44. The van der Waals surface area contributed by atoms with Crippen molar-refractivity contribution >= 4 is 5.97 Å². The van der Waals surface area contributed by atoms with E-state index >= 15 is 0 Å². The van der Waals surface area contributed by atoms with Crippen molar-refractivity contribution < 1.29 is 9.53 Å². The average Bonchev–Trinajstić information content (AvgIpc) is 2.37. The molecule has 0 amide bonds. The molecule has 1 radical (unpaired) electrons. The zero-order valence-corrected chi connectivity index (χ0v) is 7.89. The lowest BCUT2D eigenvalue weighted by atomic mass is 9.97. The number of rotatable bonds is 1. The molecule has 69 valence electrons. The minimum Gasteiger partial charge on any atom is -0.461 e. The molecule has 1 aliphatic heterocycles. The summed E-state index contributed by atoms with van der Waals surface area (Å²) in [5, 5.41) is 3.03. The second-order valence-electron chi connectivity index (χ2n) is 4.13. The average molecular weight is 170 g/mol. The maximum Gasteiger partial charge on any atom is 0.311 e. The van der Waals surface area contributed by atoms with Gasteiger partial charge < -0.3 is 10.1 Å². The molecule has 0 aromatic carbocycles. The molecule has 0 spiro atoms. The third-order valence-corrected chi connectivity index (χ3v) is 1.76. The fraction of sp³-hybridized carbons (Fsp3) is 0.778. The molecule has 0 bridgehead atoms. The Morgan fingerprint density at radius 3 is 2.67 bits per heavy atom. The van der Waals surface area contributed by atoms with Crippen LogP contribution in [0.1, 0.15) is 27.2 Å².